The van der Waals surface area contributed by atoms with Crippen LogP contribution in [0.3, 0.4) is 0 Å². The summed E-state index contributed by atoms with van der Waals surface area (Å²) in [5, 5.41) is 10.8. The van der Waals surface area contributed by atoms with Crippen LogP contribution in [0, 0.1) is 0 Å². The fraction of sp³-hybridized carbons (Fsp3) is 0.368. The van der Waals surface area contributed by atoms with E-state index in [2.05, 4.69) is 0 Å². The van der Waals surface area contributed by atoms with Crippen molar-refractivity contribution in [3.8, 4) is 5.75 Å². The highest BCUT2D eigenvalue weighted by molar-refractivity contribution is 5.76. The summed E-state index contributed by atoms with van der Waals surface area (Å²) in [7, 11) is 0. The van der Waals surface area contributed by atoms with Crippen LogP contribution in [0.4, 0.5) is 0 Å². The number of carbonyl (C=O) groups is 1. The normalized spacial score (nSPS) is 20.4. The van der Waals surface area contributed by atoms with Crippen molar-refractivity contribution in [2.24, 2.45) is 0 Å². The van der Waals surface area contributed by atoms with E-state index >= 15 is 0 Å². The number of nitrogens with zero attached hydrogens (tertiary/aromatic N) is 2. The third-order valence-corrected chi connectivity index (χ3v) is 4.17. The molecule has 1 N–H and O–H groups in total. The number of hydrogen-bond acceptors (Lipinski definition) is 5. The molecule has 7 heteroatoms. The van der Waals surface area contributed by atoms with Crippen LogP contribution in [0.5, 0.6) is 5.75 Å². The molecule has 1 fully saturated rings. The van der Waals surface area contributed by atoms with Gasteiger partial charge in [-0.1, -0.05) is 24.3 Å². The molecule has 1 saturated heterocycles. The Kier molecular flexibility index (Phi) is 5.70. The molecule has 1 atom stereocenters. The van der Waals surface area contributed by atoms with Crippen LogP contribution in [-0.4, -0.2) is 59.0 Å². The number of ether oxygens (including phenoxy) is 2. The lowest BCUT2D eigenvalue weighted by atomic mass is 10.1. The minimum atomic E-state index is -1.32. The smallest absolute Gasteiger partial charge is 0.250 e. The van der Waals surface area contributed by atoms with Gasteiger partial charge in [0.1, 0.15) is 24.5 Å². The molecule has 7 nitrogen and oxygen atoms in total. The minimum absolute atomic E-state index is 0.00603. The third kappa shape index (κ3) is 4.71. The van der Waals surface area contributed by atoms with Crippen molar-refractivity contribution >= 4 is 5.91 Å². The van der Waals surface area contributed by atoms with E-state index in [1.807, 2.05) is 18.2 Å². The lowest BCUT2D eigenvalue weighted by molar-refractivity contribution is -0.135. The monoisotopic (exact) mass is 358 g/mol. The van der Waals surface area contributed by atoms with Crippen molar-refractivity contribution in [3.05, 3.63) is 65.1 Å². The van der Waals surface area contributed by atoms with Crippen molar-refractivity contribution in [1.29, 1.82) is 0 Å². The standard InChI is InChI=1S/C19H22N2O5/c22-17-8-4-5-9-20(17)12-18(23)21-10-11-25-14-19(24,13-21)15-26-16-6-2-1-3-7-16/h1-9,24H,10-15H2/t19-/m0/s1. The number of amides is 1. The number of para-hydroxylation sites is 1. The van der Waals surface area contributed by atoms with E-state index in [1.54, 1.807) is 30.5 Å². The molecule has 1 aliphatic heterocycles. The summed E-state index contributed by atoms with van der Waals surface area (Å²) in [4.78, 5) is 25.9. The summed E-state index contributed by atoms with van der Waals surface area (Å²) < 4.78 is 12.4. The van der Waals surface area contributed by atoms with E-state index in [-0.39, 0.29) is 37.8 Å². The molecule has 26 heavy (non-hydrogen) atoms. The first-order chi connectivity index (χ1) is 12.6. The van der Waals surface area contributed by atoms with E-state index < -0.39 is 5.60 Å². The zero-order valence-electron chi connectivity index (χ0n) is 14.4. The minimum Gasteiger partial charge on any atom is -0.490 e. The maximum absolute atomic E-state index is 12.6. The maximum atomic E-state index is 12.6. The largest absolute Gasteiger partial charge is 0.490 e. The highest BCUT2D eigenvalue weighted by atomic mass is 16.5. The van der Waals surface area contributed by atoms with E-state index in [0.717, 1.165) is 0 Å². The quantitative estimate of drug-likeness (QED) is 0.843. The molecule has 1 aliphatic rings. The van der Waals surface area contributed by atoms with Gasteiger partial charge in [0.25, 0.3) is 5.56 Å². The average Bonchev–Trinajstić information content (AvgIpc) is 2.85. The zero-order valence-corrected chi connectivity index (χ0v) is 14.4. The highest BCUT2D eigenvalue weighted by Crippen LogP contribution is 2.16. The highest BCUT2D eigenvalue weighted by Gasteiger charge is 2.35. The lowest BCUT2D eigenvalue weighted by Crippen LogP contribution is -2.51. The summed E-state index contributed by atoms with van der Waals surface area (Å²) in [6.07, 6.45) is 1.57. The molecule has 138 valence electrons. The molecule has 0 radical (unpaired) electrons. The molecule has 3 rings (SSSR count). The first-order valence-electron chi connectivity index (χ1n) is 8.47. The third-order valence-electron chi connectivity index (χ3n) is 4.17. The molecule has 0 saturated carbocycles. The Balaban J connectivity index is 1.65. The van der Waals surface area contributed by atoms with Crippen LogP contribution in [0.15, 0.2) is 59.5 Å². The van der Waals surface area contributed by atoms with Gasteiger partial charge in [-0.15, -0.1) is 0 Å². The average molecular weight is 358 g/mol. The van der Waals surface area contributed by atoms with Crippen LogP contribution in [0.2, 0.25) is 0 Å². The molecule has 2 aromatic rings. The number of hydrogen-bond donors (Lipinski definition) is 1. The van der Waals surface area contributed by atoms with Crippen LogP contribution in [-0.2, 0) is 16.1 Å². The maximum Gasteiger partial charge on any atom is 0.250 e. The van der Waals surface area contributed by atoms with Crippen molar-refractivity contribution in [2.75, 3.05) is 32.9 Å². The fourth-order valence-electron chi connectivity index (χ4n) is 2.79. The Hall–Kier alpha value is -2.64. The number of β-amino-alcohol motifs (C(OH)–C–C–N with tert-alkyl or cyclic N) is 1. The number of pyridine rings is 1. The summed E-state index contributed by atoms with van der Waals surface area (Å²) in [6, 6.07) is 13.9. The molecule has 1 amide bonds. The van der Waals surface area contributed by atoms with Crippen LogP contribution < -0.4 is 10.3 Å². The van der Waals surface area contributed by atoms with Gasteiger partial charge >= 0.3 is 0 Å². The Labute approximate surface area is 151 Å². The van der Waals surface area contributed by atoms with Crippen LogP contribution in [0.25, 0.3) is 0 Å². The molecule has 0 bridgehead atoms. The Morgan fingerprint density at radius 3 is 2.73 bits per heavy atom. The molecule has 2 heterocycles. The van der Waals surface area contributed by atoms with E-state index in [9.17, 15) is 14.7 Å². The summed E-state index contributed by atoms with van der Waals surface area (Å²) >= 11 is 0. The summed E-state index contributed by atoms with van der Waals surface area (Å²) in [5.74, 6) is 0.390. The van der Waals surface area contributed by atoms with Gasteiger partial charge in [0, 0.05) is 18.8 Å². The van der Waals surface area contributed by atoms with Gasteiger partial charge in [-0.05, 0) is 18.2 Å². The number of carbonyl (C=O) groups excluding carboxylic acids is 1. The van der Waals surface area contributed by atoms with Gasteiger partial charge in [0.2, 0.25) is 5.91 Å². The first-order valence-corrected chi connectivity index (χ1v) is 8.47. The second-order valence-corrected chi connectivity index (χ2v) is 6.36. The van der Waals surface area contributed by atoms with E-state index in [4.69, 9.17) is 9.47 Å². The Morgan fingerprint density at radius 2 is 1.96 bits per heavy atom. The second kappa shape index (κ2) is 8.16. The van der Waals surface area contributed by atoms with Gasteiger partial charge < -0.3 is 24.0 Å². The molecular weight excluding hydrogens is 336 g/mol. The summed E-state index contributed by atoms with van der Waals surface area (Å²) in [5.41, 5.74) is -1.56. The Bertz CT molecular complexity index is 792. The SMILES string of the molecule is O=C(Cn1ccccc1=O)N1CCOC[C@](O)(COc2ccccc2)C1. The number of rotatable bonds is 5. The van der Waals surface area contributed by atoms with Crippen LogP contribution >= 0.6 is 0 Å². The van der Waals surface area contributed by atoms with E-state index in [1.165, 1.54) is 15.5 Å². The van der Waals surface area contributed by atoms with Gasteiger partial charge in [-0.3, -0.25) is 9.59 Å². The van der Waals surface area contributed by atoms with Crippen molar-refractivity contribution < 1.29 is 19.4 Å². The first kappa shape index (κ1) is 18.2. The molecule has 0 spiro atoms. The second-order valence-electron chi connectivity index (χ2n) is 6.36. The predicted octanol–water partition coefficient (Wildman–Crippen LogP) is 0.517. The number of benzene rings is 1. The van der Waals surface area contributed by atoms with Gasteiger partial charge in [-0.2, -0.15) is 0 Å². The van der Waals surface area contributed by atoms with E-state index in [0.29, 0.717) is 18.9 Å². The molecule has 1 aromatic heterocycles. The van der Waals surface area contributed by atoms with Crippen molar-refractivity contribution in [2.45, 2.75) is 12.1 Å². The summed E-state index contributed by atoms with van der Waals surface area (Å²) in [6.45, 7) is 0.771. The van der Waals surface area contributed by atoms with Gasteiger partial charge in [0.15, 0.2) is 0 Å². The zero-order chi connectivity index (χ0) is 18.4. The number of aromatic nitrogens is 1. The van der Waals surface area contributed by atoms with Crippen molar-refractivity contribution in [3.63, 3.8) is 0 Å². The molecule has 1 aromatic carbocycles. The van der Waals surface area contributed by atoms with Gasteiger partial charge in [-0.25, -0.2) is 0 Å². The van der Waals surface area contributed by atoms with Gasteiger partial charge in [0.05, 0.1) is 19.8 Å². The van der Waals surface area contributed by atoms with Crippen molar-refractivity contribution in [1.82, 2.24) is 9.47 Å². The lowest BCUT2D eigenvalue weighted by Gasteiger charge is -2.30. The predicted molar refractivity (Wildman–Crippen MR) is 95.0 cm³/mol. The molecular formula is C19H22N2O5. The number of aliphatic hydroxyl groups is 1. The van der Waals surface area contributed by atoms with Crippen LogP contribution in [0.1, 0.15) is 0 Å². The molecule has 0 unspecified atom stereocenters. The topological polar surface area (TPSA) is 81.0 Å². The fourth-order valence-corrected chi connectivity index (χ4v) is 2.79. The Morgan fingerprint density at radius 1 is 1.19 bits per heavy atom. The molecule has 0 aliphatic carbocycles.